The summed E-state index contributed by atoms with van der Waals surface area (Å²) in [5.41, 5.74) is 6.74. The predicted molar refractivity (Wildman–Crippen MR) is 135 cm³/mol. The van der Waals surface area contributed by atoms with Gasteiger partial charge in [-0.15, -0.1) is 0 Å². The van der Waals surface area contributed by atoms with Crippen molar-refractivity contribution in [2.24, 2.45) is 0 Å². The minimum Gasteiger partial charge on any atom is -0.392 e. The first-order valence-corrected chi connectivity index (χ1v) is 11.8. The van der Waals surface area contributed by atoms with Crippen LogP contribution in [0.5, 0.6) is 0 Å². The molecule has 1 aliphatic heterocycles. The first kappa shape index (κ1) is 23.2. The van der Waals surface area contributed by atoms with Crippen LogP contribution in [0.25, 0.3) is 0 Å². The molecule has 0 bridgehead atoms. The first-order valence-electron chi connectivity index (χ1n) is 11.8. The van der Waals surface area contributed by atoms with Crippen LogP contribution in [0, 0.1) is 20.8 Å². The molecule has 4 nitrogen and oxygen atoms in total. The number of aliphatic hydroxyl groups excluding tert-OH is 1. The number of aryl methyl sites for hydroxylation is 3. The van der Waals surface area contributed by atoms with E-state index in [2.05, 4.69) is 68.1 Å². The third-order valence-corrected chi connectivity index (χ3v) is 6.72. The summed E-state index contributed by atoms with van der Waals surface area (Å²) in [4.78, 5) is 18.3. The Morgan fingerprint density at radius 2 is 1.73 bits per heavy atom. The van der Waals surface area contributed by atoms with Crippen molar-refractivity contribution < 1.29 is 9.90 Å². The van der Waals surface area contributed by atoms with E-state index in [4.69, 9.17) is 0 Å². The van der Waals surface area contributed by atoms with Crippen LogP contribution in [0.3, 0.4) is 0 Å². The number of likely N-dealkylation sites (tertiary alicyclic amines) is 1. The second kappa shape index (κ2) is 10.3. The third kappa shape index (κ3) is 5.52. The SMILES string of the molecule is Cc1ccc(CCN(C(=O)C(c2ccccc2)N2CC[C@@H](O)C2)c2ccc(C)c(C)c2)cc1. The quantitative estimate of drug-likeness (QED) is 0.560. The zero-order valence-electron chi connectivity index (χ0n) is 19.9. The predicted octanol–water partition coefficient (Wildman–Crippen LogP) is 5.00. The normalized spacial score (nSPS) is 17.2. The van der Waals surface area contributed by atoms with Gasteiger partial charge in [-0.3, -0.25) is 9.69 Å². The van der Waals surface area contributed by atoms with E-state index in [-0.39, 0.29) is 12.0 Å². The maximum absolute atomic E-state index is 14.2. The number of anilines is 1. The van der Waals surface area contributed by atoms with Gasteiger partial charge in [0.1, 0.15) is 6.04 Å². The molecule has 1 amide bonds. The van der Waals surface area contributed by atoms with E-state index in [9.17, 15) is 9.90 Å². The second-order valence-corrected chi connectivity index (χ2v) is 9.24. The lowest BCUT2D eigenvalue weighted by Gasteiger charge is -2.33. The molecular weight excluding hydrogens is 408 g/mol. The number of hydrogen-bond donors (Lipinski definition) is 1. The van der Waals surface area contributed by atoms with E-state index in [1.807, 2.05) is 35.2 Å². The average molecular weight is 443 g/mol. The summed E-state index contributed by atoms with van der Waals surface area (Å²) in [5, 5.41) is 10.2. The Morgan fingerprint density at radius 3 is 2.36 bits per heavy atom. The van der Waals surface area contributed by atoms with E-state index >= 15 is 0 Å². The standard InChI is InChI=1S/C29H34N2O2/c1-21-9-12-24(13-10-21)15-18-31(26-14-11-22(2)23(3)19-26)29(33)28(25-7-5-4-6-8-25)30-17-16-27(32)20-30/h4-14,19,27-28,32H,15-18,20H2,1-3H3/t27-,28?/m1/s1. The Morgan fingerprint density at radius 1 is 1.00 bits per heavy atom. The highest BCUT2D eigenvalue weighted by Crippen LogP contribution is 2.30. The van der Waals surface area contributed by atoms with Gasteiger partial charge < -0.3 is 10.0 Å². The fourth-order valence-electron chi connectivity index (χ4n) is 4.55. The second-order valence-electron chi connectivity index (χ2n) is 9.24. The molecular formula is C29H34N2O2. The number of amides is 1. The molecule has 3 aromatic rings. The Balaban J connectivity index is 1.68. The van der Waals surface area contributed by atoms with Gasteiger partial charge in [0, 0.05) is 25.3 Å². The van der Waals surface area contributed by atoms with Crippen LogP contribution in [0.15, 0.2) is 72.8 Å². The van der Waals surface area contributed by atoms with Crippen LogP contribution in [-0.2, 0) is 11.2 Å². The molecule has 2 atom stereocenters. The summed E-state index contributed by atoms with van der Waals surface area (Å²) >= 11 is 0. The van der Waals surface area contributed by atoms with Gasteiger partial charge in [-0.2, -0.15) is 0 Å². The molecule has 0 saturated carbocycles. The van der Waals surface area contributed by atoms with Crippen molar-refractivity contribution in [1.29, 1.82) is 0 Å². The van der Waals surface area contributed by atoms with Gasteiger partial charge in [0.2, 0.25) is 5.91 Å². The molecule has 172 valence electrons. The van der Waals surface area contributed by atoms with Gasteiger partial charge in [0.15, 0.2) is 0 Å². The van der Waals surface area contributed by atoms with Crippen molar-refractivity contribution in [2.45, 2.75) is 45.8 Å². The molecule has 1 saturated heterocycles. The maximum atomic E-state index is 14.2. The van der Waals surface area contributed by atoms with Gasteiger partial charge in [-0.25, -0.2) is 0 Å². The van der Waals surface area contributed by atoms with E-state index in [1.54, 1.807) is 0 Å². The average Bonchev–Trinajstić information content (AvgIpc) is 3.24. The zero-order valence-corrected chi connectivity index (χ0v) is 19.9. The number of aliphatic hydroxyl groups is 1. The molecule has 4 heteroatoms. The third-order valence-electron chi connectivity index (χ3n) is 6.72. The fraction of sp³-hybridized carbons (Fsp3) is 0.345. The van der Waals surface area contributed by atoms with Crippen molar-refractivity contribution in [2.75, 3.05) is 24.5 Å². The summed E-state index contributed by atoms with van der Waals surface area (Å²) in [6.07, 6.45) is 1.10. The molecule has 0 spiro atoms. The van der Waals surface area contributed by atoms with E-state index in [0.717, 1.165) is 17.7 Å². The van der Waals surface area contributed by atoms with Crippen LogP contribution in [0.2, 0.25) is 0 Å². The van der Waals surface area contributed by atoms with Gasteiger partial charge in [0.05, 0.1) is 6.10 Å². The molecule has 0 aliphatic carbocycles. The molecule has 0 aromatic heterocycles. The highest BCUT2D eigenvalue weighted by molar-refractivity contribution is 5.98. The van der Waals surface area contributed by atoms with Gasteiger partial charge in [-0.05, 0) is 68.0 Å². The smallest absolute Gasteiger partial charge is 0.248 e. The van der Waals surface area contributed by atoms with Crippen LogP contribution in [-0.4, -0.2) is 41.7 Å². The number of hydrogen-bond acceptors (Lipinski definition) is 3. The van der Waals surface area contributed by atoms with Crippen molar-refractivity contribution in [3.8, 4) is 0 Å². The molecule has 1 unspecified atom stereocenters. The zero-order chi connectivity index (χ0) is 23.4. The van der Waals surface area contributed by atoms with Crippen molar-refractivity contribution in [3.05, 3.63) is 101 Å². The number of carbonyl (C=O) groups is 1. The Bertz CT molecular complexity index is 1080. The number of carbonyl (C=O) groups excluding carboxylic acids is 1. The summed E-state index contributed by atoms with van der Waals surface area (Å²) in [7, 11) is 0. The molecule has 3 aromatic carbocycles. The lowest BCUT2D eigenvalue weighted by molar-refractivity contribution is -0.123. The summed E-state index contributed by atoms with van der Waals surface area (Å²) < 4.78 is 0. The maximum Gasteiger partial charge on any atom is 0.248 e. The van der Waals surface area contributed by atoms with Gasteiger partial charge in [0.25, 0.3) is 0 Å². The lowest BCUT2D eigenvalue weighted by Crippen LogP contribution is -2.43. The molecule has 1 aliphatic rings. The Labute approximate surface area is 197 Å². The minimum atomic E-state index is -0.414. The minimum absolute atomic E-state index is 0.0608. The van der Waals surface area contributed by atoms with E-state index in [0.29, 0.717) is 26.1 Å². The number of β-amino-alcohol motifs (C(OH)–C–C–N with tert-alkyl or cyclic N) is 1. The van der Waals surface area contributed by atoms with E-state index in [1.165, 1.54) is 22.3 Å². The fourth-order valence-corrected chi connectivity index (χ4v) is 4.55. The van der Waals surface area contributed by atoms with Crippen LogP contribution < -0.4 is 4.90 Å². The summed E-state index contributed by atoms with van der Waals surface area (Å²) in [6.45, 7) is 8.10. The Kier molecular flexibility index (Phi) is 7.26. The van der Waals surface area contributed by atoms with Gasteiger partial charge >= 0.3 is 0 Å². The van der Waals surface area contributed by atoms with Crippen LogP contribution in [0.1, 0.15) is 40.3 Å². The van der Waals surface area contributed by atoms with Gasteiger partial charge in [-0.1, -0.05) is 66.2 Å². The number of rotatable bonds is 7. The Hall–Kier alpha value is -2.95. The summed E-state index contributed by atoms with van der Waals surface area (Å²) in [5.74, 6) is 0.0608. The molecule has 1 N–H and O–H groups in total. The molecule has 4 rings (SSSR count). The lowest BCUT2D eigenvalue weighted by atomic mass is 10.0. The first-order chi connectivity index (χ1) is 15.9. The van der Waals surface area contributed by atoms with E-state index < -0.39 is 6.04 Å². The highest BCUT2D eigenvalue weighted by Gasteiger charge is 2.35. The largest absolute Gasteiger partial charge is 0.392 e. The molecule has 0 radical (unpaired) electrons. The molecule has 1 heterocycles. The highest BCUT2D eigenvalue weighted by atomic mass is 16.3. The number of benzene rings is 3. The van der Waals surface area contributed by atoms with Crippen molar-refractivity contribution >= 4 is 11.6 Å². The molecule has 33 heavy (non-hydrogen) atoms. The topological polar surface area (TPSA) is 43.8 Å². The van der Waals surface area contributed by atoms with Crippen LogP contribution in [0.4, 0.5) is 5.69 Å². The molecule has 1 fully saturated rings. The summed E-state index contributed by atoms with van der Waals surface area (Å²) in [6, 6.07) is 24.3. The monoisotopic (exact) mass is 442 g/mol. The van der Waals surface area contributed by atoms with Crippen LogP contribution >= 0.6 is 0 Å². The van der Waals surface area contributed by atoms with Crippen molar-refractivity contribution in [3.63, 3.8) is 0 Å². The number of nitrogens with zero attached hydrogens (tertiary/aromatic N) is 2. The van der Waals surface area contributed by atoms with Crippen molar-refractivity contribution in [1.82, 2.24) is 4.90 Å².